The van der Waals surface area contributed by atoms with E-state index in [0.29, 0.717) is 6.61 Å². The molecule has 0 aromatic heterocycles. The molecule has 0 aliphatic heterocycles. The van der Waals surface area contributed by atoms with Crippen molar-refractivity contribution in [2.45, 2.75) is 19.8 Å². The molecule has 0 spiro atoms. The Bertz CT molecular complexity index is 535. The van der Waals surface area contributed by atoms with Crippen molar-refractivity contribution in [2.75, 3.05) is 6.61 Å². The quantitative estimate of drug-likeness (QED) is 0.252. The Balaban J connectivity index is 2.38. The van der Waals surface area contributed by atoms with Crippen LogP contribution in [0.5, 0.6) is 5.75 Å². The molecule has 0 saturated heterocycles. The highest BCUT2D eigenvalue weighted by Crippen LogP contribution is 2.17. The molecule has 0 heterocycles. The number of nitrogens with zero attached hydrogens (tertiary/aromatic N) is 1. The molecule has 112 valence electrons. The van der Waals surface area contributed by atoms with Crippen LogP contribution in [0.3, 0.4) is 0 Å². The summed E-state index contributed by atoms with van der Waals surface area (Å²) in [6, 6.07) is 5.19. The number of ether oxygens (including phenoxy) is 2. The van der Waals surface area contributed by atoms with Crippen molar-refractivity contribution in [1.82, 2.24) is 0 Å². The van der Waals surface area contributed by atoms with Gasteiger partial charge in [0.05, 0.1) is 24.4 Å². The summed E-state index contributed by atoms with van der Waals surface area (Å²) in [5.74, 6) is -0.661. The molecule has 1 aromatic rings. The second-order valence-electron chi connectivity index (χ2n) is 3.91. The molecule has 0 amide bonds. The average molecular weight is 293 g/mol. The highest BCUT2D eigenvalue weighted by Gasteiger charge is 2.07. The van der Waals surface area contributed by atoms with Crippen molar-refractivity contribution < 1.29 is 24.0 Å². The van der Waals surface area contributed by atoms with Crippen LogP contribution in [0.4, 0.5) is 5.69 Å². The third-order valence-corrected chi connectivity index (χ3v) is 2.32. The van der Waals surface area contributed by atoms with Gasteiger partial charge in [0.25, 0.3) is 5.69 Å². The minimum Gasteiger partial charge on any atom is -0.466 e. The maximum absolute atomic E-state index is 11.5. The minimum absolute atomic E-state index is 0.00358. The molecule has 0 atom stereocenters. The summed E-state index contributed by atoms with van der Waals surface area (Å²) < 4.78 is 9.69. The van der Waals surface area contributed by atoms with E-state index >= 15 is 0 Å². The van der Waals surface area contributed by atoms with Gasteiger partial charge < -0.3 is 9.47 Å². The lowest BCUT2D eigenvalue weighted by Crippen LogP contribution is -2.06. The largest absolute Gasteiger partial charge is 0.466 e. The van der Waals surface area contributed by atoms with Crippen molar-refractivity contribution in [3.05, 3.63) is 46.5 Å². The van der Waals surface area contributed by atoms with Gasteiger partial charge in [0.15, 0.2) is 0 Å². The van der Waals surface area contributed by atoms with Crippen LogP contribution in [0.2, 0.25) is 0 Å². The molecular weight excluding hydrogens is 278 g/mol. The van der Waals surface area contributed by atoms with Gasteiger partial charge in [-0.25, -0.2) is 0 Å². The molecule has 0 aliphatic rings. The minimum atomic E-state index is -0.538. The van der Waals surface area contributed by atoms with E-state index in [9.17, 15) is 19.7 Å². The van der Waals surface area contributed by atoms with E-state index < -0.39 is 10.9 Å². The van der Waals surface area contributed by atoms with E-state index in [1.807, 2.05) is 0 Å². The number of hydrogen-bond acceptors (Lipinski definition) is 6. The summed E-state index contributed by atoms with van der Waals surface area (Å²) >= 11 is 0. The Hall–Kier alpha value is -2.70. The first kappa shape index (κ1) is 16.4. The lowest BCUT2D eigenvalue weighted by atomic mass is 10.3. The van der Waals surface area contributed by atoms with E-state index in [4.69, 9.17) is 9.47 Å². The zero-order chi connectivity index (χ0) is 15.7. The summed E-state index contributed by atoms with van der Waals surface area (Å²) in [4.78, 5) is 32.4. The first-order valence-electron chi connectivity index (χ1n) is 6.28. The third kappa shape index (κ3) is 6.33. The number of nitro groups is 1. The summed E-state index contributed by atoms with van der Waals surface area (Å²) in [5.41, 5.74) is -0.0795. The SMILES string of the molecule is CCOC(=O)C/C=C/CC(=O)Oc1ccc([N+](=O)[O-])cc1. The van der Waals surface area contributed by atoms with Crippen LogP contribution in [-0.2, 0) is 14.3 Å². The number of carbonyl (C=O) groups excluding carboxylic acids is 2. The van der Waals surface area contributed by atoms with Crippen molar-refractivity contribution in [1.29, 1.82) is 0 Å². The van der Waals surface area contributed by atoms with E-state index in [-0.39, 0.29) is 30.2 Å². The number of nitro benzene ring substituents is 1. The molecule has 0 aliphatic carbocycles. The highest BCUT2D eigenvalue weighted by molar-refractivity contribution is 5.75. The molecule has 21 heavy (non-hydrogen) atoms. The number of non-ortho nitro benzene ring substituents is 1. The Kier molecular flexibility index (Phi) is 6.59. The molecule has 1 rings (SSSR count). The normalized spacial score (nSPS) is 10.3. The number of rotatable bonds is 7. The molecule has 0 N–H and O–H groups in total. The molecule has 0 bridgehead atoms. The Morgan fingerprint density at radius 3 is 2.24 bits per heavy atom. The van der Waals surface area contributed by atoms with Gasteiger partial charge in [-0.1, -0.05) is 12.2 Å². The van der Waals surface area contributed by atoms with Crippen LogP contribution in [-0.4, -0.2) is 23.5 Å². The van der Waals surface area contributed by atoms with Gasteiger partial charge in [-0.05, 0) is 19.1 Å². The first-order chi connectivity index (χ1) is 10.0. The molecule has 0 saturated carbocycles. The molecule has 0 fully saturated rings. The smallest absolute Gasteiger partial charge is 0.315 e. The summed E-state index contributed by atoms with van der Waals surface area (Å²) in [6.45, 7) is 2.03. The standard InChI is InChI=1S/C14H15NO6/c1-2-20-13(16)5-3-4-6-14(17)21-12-9-7-11(8-10-12)15(18)19/h3-4,7-10H,2,5-6H2,1H3/b4-3+. The van der Waals surface area contributed by atoms with E-state index in [0.717, 1.165) is 0 Å². The van der Waals surface area contributed by atoms with Gasteiger partial charge in [0, 0.05) is 12.1 Å². The first-order valence-corrected chi connectivity index (χ1v) is 6.28. The number of esters is 2. The molecule has 7 nitrogen and oxygen atoms in total. The Morgan fingerprint density at radius 1 is 1.14 bits per heavy atom. The van der Waals surface area contributed by atoms with Gasteiger partial charge in [-0.3, -0.25) is 19.7 Å². The highest BCUT2D eigenvalue weighted by atomic mass is 16.6. The number of carbonyl (C=O) groups is 2. The fourth-order valence-electron chi connectivity index (χ4n) is 1.39. The summed E-state index contributed by atoms with van der Waals surface area (Å²) in [6.07, 6.45) is 3.12. The molecule has 7 heteroatoms. The van der Waals surface area contributed by atoms with Gasteiger partial charge in [0.1, 0.15) is 5.75 Å². The maximum atomic E-state index is 11.5. The lowest BCUT2D eigenvalue weighted by molar-refractivity contribution is -0.384. The summed E-state index contributed by atoms with van der Waals surface area (Å²) in [5, 5.41) is 10.5. The zero-order valence-corrected chi connectivity index (χ0v) is 11.5. The van der Waals surface area contributed by atoms with Gasteiger partial charge in [-0.2, -0.15) is 0 Å². The second kappa shape index (κ2) is 8.47. The molecule has 0 unspecified atom stereocenters. The summed E-state index contributed by atoms with van der Waals surface area (Å²) in [7, 11) is 0. The average Bonchev–Trinajstić information content (AvgIpc) is 2.44. The molecular formula is C14H15NO6. The van der Waals surface area contributed by atoms with Gasteiger partial charge in [0.2, 0.25) is 0 Å². The van der Waals surface area contributed by atoms with E-state index in [1.54, 1.807) is 6.92 Å². The number of hydrogen-bond donors (Lipinski definition) is 0. The van der Waals surface area contributed by atoms with E-state index in [1.165, 1.54) is 36.4 Å². The lowest BCUT2D eigenvalue weighted by Gasteiger charge is -2.01. The van der Waals surface area contributed by atoms with Gasteiger partial charge >= 0.3 is 11.9 Å². The van der Waals surface area contributed by atoms with E-state index in [2.05, 4.69) is 0 Å². The maximum Gasteiger partial charge on any atom is 0.315 e. The van der Waals surface area contributed by atoms with Crippen molar-refractivity contribution in [2.24, 2.45) is 0 Å². The predicted octanol–water partition coefficient (Wildman–Crippen LogP) is 2.40. The topological polar surface area (TPSA) is 95.7 Å². The van der Waals surface area contributed by atoms with Gasteiger partial charge in [-0.15, -0.1) is 0 Å². The zero-order valence-electron chi connectivity index (χ0n) is 11.5. The second-order valence-corrected chi connectivity index (χ2v) is 3.91. The molecule has 0 radical (unpaired) electrons. The van der Waals surface area contributed by atoms with Crippen molar-refractivity contribution in [3.63, 3.8) is 0 Å². The van der Waals surface area contributed by atoms with Crippen LogP contribution in [0.25, 0.3) is 0 Å². The van der Waals surface area contributed by atoms with Crippen LogP contribution >= 0.6 is 0 Å². The fraction of sp³-hybridized carbons (Fsp3) is 0.286. The number of benzene rings is 1. The Labute approximate surface area is 121 Å². The van der Waals surface area contributed by atoms with Crippen LogP contribution in [0, 0.1) is 10.1 Å². The van der Waals surface area contributed by atoms with Crippen LogP contribution in [0.15, 0.2) is 36.4 Å². The predicted molar refractivity (Wildman–Crippen MR) is 73.7 cm³/mol. The molecule has 1 aromatic carbocycles. The monoisotopic (exact) mass is 293 g/mol. The Morgan fingerprint density at radius 2 is 1.71 bits per heavy atom. The van der Waals surface area contributed by atoms with Crippen molar-refractivity contribution in [3.8, 4) is 5.75 Å². The van der Waals surface area contributed by atoms with Crippen molar-refractivity contribution >= 4 is 17.6 Å². The third-order valence-electron chi connectivity index (χ3n) is 2.32. The van der Waals surface area contributed by atoms with Crippen LogP contribution in [0.1, 0.15) is 19.8 Å². The fourth-order valence-corrected chi connectivity index (χ4v) is 1.39. The van der Waals surface area contributed by atoms with Crippen LogP contribution < -0.4 is 4.74 Å².